The van der Waals surface area contributed by atoms with Crippen molar-refractivity contribution in [1.82, 2.24) is 4.98 Å². The summed E-state index contributed by atoms with van der Waals surface area (Å²) in [6.45, 7) is 1.82. The molecular weight excluding hydrogens is 366 g/mol. The van der Waals surface area contributed by atoms with E-state index in [0.29, 0.717) is 27.7 Å². The van der Waals surface area contributed by atoms with Crippen LogP contribution in [0.2, 0.25) is 5.02 Å². The van der Waals surface area contributed by atoms with Gasteiger partial charge in [0.15, 0.2) is 0 Å². The molecule has 0 aliphatic carbocycles. The van der Waals surface area contributed by atoms with Crippen LogP contribution in [0.3, 0.4) is 0 Å². The first-order valence-electron chi connectivity index (χ1n) is 8.25. The zero-order valence-electron chi connectivity index (χ0n) is 14.9. The number of nitrogens with one attached hydrogen (secondary N) is 2. The maximum atomic E-state index is 12.3. The lowest BCUT2D eigenvalue weighted by atomic mass is 10.2. The number of amides is 2. The summed E-state index contributed by atoms with van der Waals surface area (Å²) in [6, 6.07) is 12.5. The number of ether oxygens (including phenoxy) is 1. The number of rotatable bonds is 5. The van der Waals surface area contributed by atoms with Crippen LogP contribution >= 0.6 is 11.6 Å². The molecule has 0 saturated carbocycles. The summed E-state index contributed by atoms with van der Waals surface area (Å²) in [7, 11) is 1.48. The largest absolute Gasteiger partial charge is 0.495 e. The Hall–Kier alpha value is -3.12. The topological polar surface area (TPSA) is 80.3 Å². The number of aryl methyl sites for hydroxylation is 1. The number of carbonyl (C=O) groups is 2. The highest BCUT2D eigenvalue weighted by Gasteiger charge is 2.14. The first kappa shape index (κ1) is 18.7. The molecule has 2 aromatic carbocycles. The number of para-hydroxylation sites is 1. The summed E-state index contributed by atoms with van der Waals surface area (Å²) in [5.41, 5.74) is 2.48. The zero-order chi connectivity index (χ0) is 19.4. The molecule has 0 saturated heterocycles. The van der Waals surface area contributed by atoms with E-state index < -0.39 is 11.8 Å². The molecule has 0 spiro atoms. The lowest BCUT2D eigenvalue weighted by Gasteiger charge is -2.12. The Morgan fingerprint density at radius 1 is 1.07 bits per heavy atom. The summed E-state index contributed by atoms with van der Waals surface area (Å²) in [5, 5.41) is 6.86. The third kappa shape index (κ3) is 4.35. The van der Waals surface area contributed by atoms with E-state index >= 15 is 0 Å². The van der Waals surface area contributed by atoms with Crippen LogP contribution in [0.5, 0.6) is 5.75 Å². The monoisotopic (exact) mass is 383 g/mol. The molecule has 2 N–H and O–H groups in total. The van der Waals surface area contributed by atoms with E-state index in [1.165, 1.54) is 7.11 Å². The second-order valence-electron chi connectivity index (χ2n) is 5.96. The molecule has 3 rings (SSSR count). The maximum absolute atomic E-state index is 12.3. The lowest BCUT2D eigenvalue weighted by molar-refractivity contribution is -0.123. The Labute approximate surface area is 161 Å². The summed E-state index contributed by atoms with van der Waals surface area (Å²) in [6.07, 6.45) is 1.31. The fraction of sp³-hybridized carbons (Fsp3) is 0.150. The second kappa shape index (κ2) is 8.05. The van der Waals surface area contributed by atoms with Crippen LogP contribution in [0.4, 0.5) is 11.4 Å². The summed E-state index contributed by atoms with van der Waals surface area (Å²) in [4.78, 5) is 28.8. The van der Waals surface area contributed by atoms with Gasteiger partial charge in [0.05, 0.1) is 24.0 Å². The van der Waals surface area contributed by atoms with Crippen molar-refractivity contribution < 1.29 is 14.3 Å². The quantitative estimate of drug-likeness (QED) is 0.648. The first-order chi connectivity index (χ1) is 13.0. The molecule has 0 aliphatic heterocycles. The SMILES string of the molecule is COc1cc(Cl)c(C)cc1NC(=O)CC(=O)Nc1cccc2cccnc12. The number of benzene rings is 2. The minimum absolute atomic E-state index is 0.339. The van der Waals surface area contributed by atoms with Crippen LogP contribution < -0.4 is 15.4 Å². The molecule has 0 atom stereocenters. The highest BCUT2D eigenvalue weighted by molar-refractivity contribution is 6.31. The molecule has 0 unspecified atom stereocenters. The molecule has 138 valence electrons. The van der Waals surface area contributed by atoms with Gasteiger partial charge in [-0.2, -0.15) is 0 Å². The Balaban J connectivity index is 1.69. The average Bonchev–Trinajstić information content (AvgIpc) is 2.64. The van der Waals surface area contributed by atoms with Gasteiger partial charge in [0.1, 0.15) is 12.2 Å². The van der Waals surface area contributed by atoms with Gasteiger partial charge in [-0.3, -0.25) is 14.6 Å². The van der Waals surface area contributed by atoms with Crippen LogP contribution in [-0.2, 0) is 9.59 Å². The fourth-order valence-corrected chi connectivity index (χ4v) is 2.82. The van der Waals surface area contributed by atoms with Gasteiger partial charge in [0.2, 0.25) is 11.8 Å². The van der Waals surface area contributed by atoms with E-state index in [9.17, 15) is 9.59 Å². The molecule has 0 bridgehead atoms. The van der Waals surface area contributed by atoms with Crippen LogP contribution in [0.15, 0.2) is 48.7 Å². The molecule has 0 radical (unpaired) electrons. The van der Waals surface area contributed by atoms with E-state index in [-0.39, 0.29) is 6.42 Å². The third-order valence-electron chi connectivity index (χ3n) is 3.98. The van der Waals surface area contributed by atoms with E-state index in [0.717, 1.165) is 10.9 Å². The molecule has 6 nitrogen and oxygen atoms in total. The van der Waals surface area contributed by atoms with Crippen molar-refractivity contribution in [3.8, 4) is 5.75 Å². The number of anilines is 2. The number of aromatic nitrogens is 1. The number of nitrogens with zero attached hydrogens (tertiary/aromatic N) is 1. The molecule has 0 aliphatic rings. The van der Waals surface area contributed by atoms with Crippen molar-refractivity contribution in [2.24, 2.45) is 0 Å². The van der Waals surface area contributed by atoms with Crippen molar-refractivity contribution >= 4 is 45.7 Å². The van der Waals surface area contributed by atoms with Crippen molar-refractivity contribution in [3.05, 3.63) is 59.2 Å². The molecule has 1 heterocycles. The summed E-state index contributed by atoms with van der Waals surface area (Å²) < 4.78 is 5.22. The van der Waals surface area contributed by atoms with Gasteiger partial charge in [-0.15, -0.1) is 0 Å². The molecule has 0 fully saturated rings. The van der Waals surface area contributed by atoms with Gasteiger partial charge in [0.25, 0.3) is 0 Å². The van der Waals surface area contributed by atoms with Gasteiger partial charge in [-0.1, -0.05) is 29.8 Å². The number of carbonyl (C=O) groups excluding carboxylic acids is 2. The Morgan fingerprint density at radius 2 is 1.78 bits per heavy atom. The minimum Gasteiger partial charge on any atom is -0.495 e. The van der Waals surface area contributed by atoms with Crippen molar-refractivity contribution in [2.75, 3.05) is 17.7 Å². The Morgan fingerprint density at radius 3 is 2.52 bits per heavy atom. The van der Waals surface area contributed by atoms with Crippen LogP contribution in [-0.4, -0.2) is 23.9 Å². The molecule has 7 heteroatoms. The smallest absolute Gasteiger partial charge is 0.233 e. The van der Waals surface area contributed by atoms with E-state index in [4.69, 9.17) is 16.3 Å². The third-order valence-corrected chi connectivity index (χ3v) is 4.39. The predicted molar refractivity (Wildman–Crippen MR) is 106 cm³/mol. The van der Waals surface area contributed by atoms with E-state index in [2.05, 4.69) is 15.6 Å². The number of methoxy groups -OCH3 is 1. The lowest BCUT2D eigenvalue weighted by Crippen LogP contribution is -2.22. The number of pyridine rings is 1. The predicted octanol–water partition coefficient (Wildman–Crippen LogP) is 4.17. The summed E-state index contributed by atoms with van der Waals surface area (Å²) >= 11 is 6.06. The van der Waals surface area contributed by atoms with E-state index in [1.807, 2.05) is 31.2 Å². The number of hydrogen-bond donors (Lipinski definition) is 2. The molecule has 2 amide bonds. The van der Waals surface area contributed by atoms with Gasteiger partial charge in [-0.25, -0.2) is 0 Å². The summed E-state index contributed by atoms with van der Waals surface area (Å²) in [5.74, 6) is -0.464. The molecule has 1 aromatic heterocycles. The highest BCUT2D eigenvalue weighted by Crippen LogP contribution is 2.31. The first-order valence-corrected chi connectivity index (χ1v) is 8.63. The standard InChI is InChI=1S/C20H18ClN3O3/c1-12-9-16(17(27-2)10-14(12)21)24-19(26)11-18(25)23-15-7-3-5-13-6-4-8-22-20(13)15/h3-10H,11H2,1-2H3,(H,23,25)(H,24,26). The average molecular weight is 384 g/mol. The van der Waals surface area contributed by atoms with Gasteiger partial charge in [-0.05, 0) is 30.7 Å². The van der Waals surface area contributed by atoms with Crippen LogP contribution in [0.25, 0.3) is 10.9 Å². The normalized spacial score (nSPS) is 10.5. The zero-order valence-corrected chi connectivity index (χ0v) is 15.6. The molecular formula is C20H18ClN3O3. The Kier molecular flexibility index (Phi) is 5.57. The maximum Gasteiger partial charge on any atom is 0.233 e. The number of hydrogen-bond acceptors (Lipinski definition) is 4. The van der Waals surface area contributed by atoms with Gasteiger partial charge < -0.3 is 15.4 Å². The second-order valence-corrected chi connectivity index (χ2v) is 6.36. The number of halogens is 1. The molecule has 27 heavy (non-hydrogen) atoms. The van der Waals surface area contributed by atoms with Gasteiger partial charge >= 0.3 is 0 Å². The van der Waals surface area contributed by atoms with Crippen LogP contribution in [0.1, 0.15) is 12.0 Å². The van der Waals surface area contributed by atoms with Crippen molar-refractivity contribution in [2.45, 2.75) is 13.3 Å². The fourth-order valence-electron chi connectivity index (χ4n) is 2.67. The van der Waals surface area contributed by atoms with Crippen molar-refractivity contribution in [1.29, 1.82) is 0 Å². The molecule has 3 aromatic rings. The van der Waals surface area contributed by atoms with Crippen molar-refractivity contribution in [3.63, 3.8) is 0 Å². The minimum atomic E-state index is -0.458. The Bertz CT molecular complexity index is 1020. The van der Waals surface area contributed by atoms with E-state index in [1.54, 1.807) is 24.4 Å². The number of fused-ring (bicyclic) bond motifs is 1. The van der Waals surface area contributed by atoms with Crippen LogP contribution in [0, 0.1) is 6.92 Å². The highest BCUT2D eigenvalue weighted by atomic mass is 35.5. The van der Waals surface area contributed by atoms with Gasteiger partial charge in [0, 0.05) is 22.7 Å².